The molecule has 0 saturated carbocycles. The van der Waals surface area contributed by atoms with Gasteiger partial charge in [-0.3, -0.25) is 4.98 Å². The zero-order chi connectivity index (χ0) is 13.2. The standard InChI is InChI=1S/C11H9F3N4.CH4/c12-11(13,14)8-5-17-10(18-6-8)7-1-2-16-9(3-7)4-15;/h1-3,5-6H,4,15H2;1H4. The molecule has 0 aliphatic carbocycles. The van der Waals surface area contributed by atoms with E-state index >= 15 is 0 Å². The Labute approximate surface area is 108 Å². The molecule has 0 atom stereocenters. The Morgan fingerprint density at radius 2 is 1.74 bits per heavy atom. The van der Waals surface area contributed by atoms with E-state index in [1.807, 2.05) is 0 Å². The van der Waals surface area contributed by atoms with E-state index in [9.17, 15) is 13.2 Å². The highest BCUT2D eigenvalue weighted by Crippen LogP contribution is 2.28. The van der Waals surface area contributed by atoms with Crippen molar-refractivity contribution in [3.05, 3.63) is 42.0 Å². The molecule has 0 spiro atoms. The average molecular weight is 270 g/mol. The molecule has 0 unspecified atom stereocenters. The van der Waals surface area contributed by atoms with Crippen LogP contribution in [0.25, 0.3) is 11.4 Å². The van der Waals surface area contributed by atoms with Crippen molar-refractivity contribution in [2.24, 2.45) is 5.73 Å². The minimum absolute atomic E-state index is 0. The van der Waals surface area contributed by atoms with Crippen LogP contribution in [0.2, 0.25) is 0 Å². The van der Waals surface area contributed by atoms with Crippen molar-refractivity contribution < 1.29 is 13.2 Å². The van der Waals surface area contributed by atoms with E-state index in [0.29, 0.717) is 11.3 Å². The number of rotatable bonds is 2. The first-order valence-electron chi connectivity index (χ1n) is 5.05. The monoisotopic (exact) mass is 270 g/mol. The third kappa shape index (κ3) is 3.47. The number of halogens is 3. The van der Waals surface area contributed by atoms with Gasteiger partial charge in [0.1, 0.15) is 0 Å². The number of hydrogen-bond acceptors (Lipinski definition) is 4. The SMILES string of the molecule is C.NCc1cc(-c2ncc(C(F)(F)F)cn2)ccn1. The number of aromatic nitrogens is 3. The molecule has 2 N–H and O–H groups in total. The van der Waals surface area contributed by atoms with Crippen molar-refractivity contribution in [3.63, 3.8) is 0 Å². The summed E-state index contributed by atoms with van der Waals surface area (Å²) in [4.78, 5) is 11.4. The number of nitrogens with two attached hydrogens (primary N) is 1. The van der Waals surface area contributed by atoms with E-state index in [2.05, 4.69) is 15.0 Å². The zero-order valence-electron chi connectivity index (χ0n) is 9.15. The minimum atomic E-state index is -4.43. The highest BCUT2D eigenvalue weighted by atomic mass is 19.4. The number of alkyl halides is 3. The first-order chi connectivity index (χ1) is 8.50. The Balaban J connectivity index is 0.00000180. The van der Waals surface area contributed by atoms with Crippen molar-refractivity contribution in [1.82, 2.24) is 15.0 Å². The fraction of sp³-hybridized carbons (Fsp3) is 0.250. The van der Waals surface area contributed by atoms with Crippen molar-refractivity contribution in [3.8, 4) is 11.4 Å². The lowest BCUT2D eigenvalue weighted by atomic mass is 10.2. The van der Waals surface area contributed by atoms with Crippen LogP contribution in [0.5, 0.6) is 0 Å². The maximum Gasteiger partial charge on any atom is 0.419 e. The summed E-state index contributed by atoms with van der Waals surface area (Å²) in [6, 6.07) is 3.25. The number of pyridine rings is 1. The second-order valence-electron chi connectivity index (χ2n) is 3.53. The van der Waals surface area contributed by atoms with Crippen LogP contribution in [0.4, 0.5) is 13.2 Å². The summed E-state index contributed by atoms with van der Waals surface area (Å²) in [6.07, 6.45) is -1.41. The van der Waals surface area contributed by atoms with Crippen LogP contribution in [0.15, 0.2) is 30.7 Å². The second kappa shape index (κ2) is 5.75. The fourth-order valence-electron chi connectivity index (χ4n) is 1.35. The predicted octanol–water partition coefficient (Wildman–Crippen LogP) is 2.65. The molecule has 7 heteroatoms. The molecule has 2 heterocycles. The summed E-state index contributed by atoms with van der Waals surface area (Å²) >= 11 is 0. The summed E-state index contributed by atoms with van der Waals surface area (Å²) < 4.78 is 37.0. The lowest BCUT2D eigenvalue weighted by Crippen LogP contribution is -2.06. The smallest absolute Gasteiger partial charge is 0.325 e. The molecule has 4 nitrogen and oxygen atoms in total. The Morgan fingerprint density at radius 3 is 2.26 bits per heavy atom. The largest absolute Gasteiger partial charge is 0.419 e. The molecular weight excluding hydrogens is 257 g/mol. The highest BCUT2D eigenvalue weighted by molar-refractivity contribution is 5.54. The summed E-state index contributed by atoms with van der Waals surface area (Å²) in [7, 11) is 0. The number of nitrogens with zero attached hydrogens (tertiary/aromatic N) is 3. The summed E-state index contributed by atoms with van der Waals surface area (Å²) in [5, 5.41) is 0. The van der Waals surface area contributed by atoms with Gasteiger partial charge in [0.2, 0.25) is 0 Å². The lowest BCUT2D eigenvalue weighted by molar-refractivity contribution is -0.138. The van der Waals surface area contributed by atoms with E-state index < -0.39 is 11.7 Å². The average Bonchev–Trinajstić information content (AvgIpc) is 2.38. The van der Waals surface area contributed by atoms with Crippen molar-refractivity contribution in [1.29, 1.82) is 0 Å². The number of hydrogen-bond donors (Lipinski definition) is 1. The van der Waals surface area contributed by atoms with Crippen LogP contribution in [-0.4, -0.2) is 15.0 Å². The molecule has 0 fully saturated rings. The van der Waals surface area contributed by atoms with E-state index in [4.69, 9.17) is 5.73 Å². The molecule has 0 aromatic carbocycles. The topological polar surface area (TPSA) is 64.7 Å². The van der Waals surface area contributed by atoms with Gasteiger partial charge in [0.05, 0.1) is 11.3 Å². The van der Waals surface area contributed by atoms with E-state index in [0.717, 1.165) is 12.4 Å². The van der Waals surface area contributed by atoms with Crippen LogP contribution in [0.3, 0.4) is 0 Å². The van der Waals surface area contributed by atoms with Gasteiger partial charge in [-0.15, -0.1) is 0 Å². The molecule has 2 rings (SSSR count). The van der Waals surface area contributed by atoms with Gasteiger partial charge in [0.25, 0.3) is 0 Å². The molecule has 0 saturated heterocycles. The highest BCUT2D eigenvalue weighted by Gasteiger charge is 2.31. The summed E-state index contributed by atoms with van der Waals surface area (Å²) in [6.45, 7) is 0.245. The summed E-state index contributed by atoms with van der Waals surface area (Å²) in [5.41, 5.74) is 5.75. The van der Waals surface area contributed by atoms with Crippen molar-refractivity contribution in [2.45, 2.75) is 20.1 Å². The molecular formula is C12H13F3N4. The molecule has 0 aliphatic heterocycles. The van der Waals surface area contributed by atoms with Gasteiger partial charge < -0.3 is 5.73 Å². The van der Waals surface area contributed by atoms with Crippen LogP contribution in [-0.2, 0) is 12.7 Å². The first kappa shape index (κ1) is 15.0. The van der Waals surface area contributed by atoms with Gasteiger partial charge >= 0.3 is 6.18 Å². The fourth-order valence-corrected chi connectivity index (χ4v) is 1.35. The molecule has 19 heavy (non-hydrogen) atoms. The van der Waals surface area contributed by atoms with Gasteiger partial charge in [0.15, 0.2) is 5.82 Å². The normalized spacial score (nSPS) is 10.9. The maximum atomic E-state index is 12.3. The second-order valence-corrected chi connectivity index (χ2v) is 3.53. The lowest BCUT2D eigenvalue weighted by Gasteiger charge is -2.06. The summed E-state index contributed by atoms with van der Waals surface area (Å²) in [5.74, 6) is 0.208. The van der Waals surface area contributed by atoms with Crippen LogP contribution in [0, 0.1) is 0 Å². The van der Waals surface area contributed by atoms with Crippen LogP contribution in [0.1, 0.15) is 18.7 Å². The first-order valence-corrected chi connectivity index (χ1v) is 5.05. The maximum absolute atomic E-state index is 12.3. The molecule has 0 amide bonds. The Bertz CT molecular complexity index is 537. The van der Waals surface area contributed by atoms with Crippen molar-refractivity contribution in [2.75, 3.05) is 0 Å². The third-order valence-corrected chi connectivity index (χ3v) is 2.26. The molecule has 2 aromatic rings. The molecule has 0 radical (unpaired) electrons. The molecule has 0 bridgehead atoms. The molecule has 2 aromatic heterocycles. The van der Waals surface area contributed by atoms with Gasteiger partial charge in [-0.2, -0.15) is 13.2 Å². The van der Waals surface area contributed by atoms with Crippen molar-refractivity contribution >= 4 is 0 Å². The molecule has 102 valence electrons. The quantitative estimate of drug-likeness (QED) is 0.911. The Morgan fingerprint density at radius 1 is 1.11 bits per heavy atom. The predicted molar refractivity (Wildman–Crippen MR) is 64.9 cm³/mol. The molecule has 0 aliphatic rings. The van der Waals surface area contributed by atoms with E-state index in [-0.39, 0.29) is 19.8 Å². The van der Waals surface area contributed by atoms with Gasteiger partial charge in [-0.1, -0.05) is 7.43 Å². The Hall–Kier alpha value is -2.02. The van der Waals surface area contributed by atoms with Gasteiger partial charge in [0, 0.05) is 30.7 Å². The van der Waals surface area contributed by atoms with Gasteiger partial charge in [-0.05, 0) is 12.1 Å². The van der Waals surface area contributed by atoms with Crippen LogP contribution >= 0.6 is 0 Å². The Kier molecular flexibility index (Phi) is 4.55. The van der Waals surface area contributed by atoms with E-state index in [1.54, 1.807) is 12.1 Å². The minimum Gasteiger partial charge on any atom is -0.325 e. The third-order valence-electron chi connectivity index (χ3n) is 2.26. The van der Waals surface area contributed by atoms with Crippen LogP contribution < -0.4 is 5.73 Å². The zero-order valence-corrected chi connectivity index (χ0v) is 9.15. The van der Waals surface area contributed by atoms with Gasteiger partial charge in [-0.25, -0.2) is 9.97 Å². The van der Waals surface area contributed by atoms with E-state index in [1.165, 1.54) is 6.20 Å².